The summed E-state index contributed by atoms with van der Waals surface area (Å²) in [6, 6.07) is 18.1. The van der Waals surface area contributed by atoms with Crippen LogP contribution in [0.2, 0.25) is 0 Å². The molecule has 0 aliphatic rings. The number of allylic oxidation sites excluding steroid dienone is 2. The Hall–Kier alpha value is -2.48. The smallest absolute Gasteiger partial charge is 0.0848 e. The summed E-state index contributed by atoms with van der Waals surface area (Å²) in [6.07, 6.45) is 45.6. The SMILES string of the molecule is CCCCCCC/C=C/C(=Nc1ccc(CCCCCCCCCCCC)cc1)C(CCCC)=Nc1ccc(CCCCCCCCCCCC)cc1. The molecular weight excluding hydrogens is 641 g/mol. The normalized spacial score (nSPS) is 12.4. The van der Waals surface area contributed by atoms with Crippen LogP contribution >= 0.6 is 0 Å². The molecule has 0 saturated carbocycles. The van der Waals surface area contributed by atoms with Crippen LogP contribution in [0.3, 0.4) is 0 Å². The molecule has 0 unspecified atom stereocenters. The molecule has 298 valence electrons. The van der Waals surface area contributed by atoms with Crippen LogP contribution in [0.1, 0.15) is 225 Å². The van der Waals surface area contributed by atoms with Crippen LogP contribution in [-0.4, -0.2) is 11.4 Å². The number of hydrogen-bond donors (Lipinski definition) is 0. The van der Waals surface area contributed by atoms with Crippen molar-refractivity contribution in [3.05, 3.63) is 71.8 Å². The Bertz CT molecular complexity index is 1190. The zero-order valence-electron chi connectivity index (χ0n) is 35.6. The quantitative estimate of drug-likeness (QED) is 0.0499. The summed E-state index contributed by atoms with van der Waals surface area (Å²) in [5, 5.41) is 0. The molecule has 0 saturated heterocycles. The van der Waals surface area contributed by atoms with Gasteiger partial charge in [-0.25, -0.2) is 4.99 Å². The van der Waals surface area contributed by atoms with E-state index in [0.29, 0.717) is 0 Å². The molecule has 0 fully saturated rings. The molecule has 0 heterocycles. The van der Waals surface area contributed by atoms with Crippen molar-refractivity contribution in [2.75, 3.05) is 0 Å². The minimum Gasteiger partial charge on any atom is -0.251 e. The van der Waals surface area contributed by atoms with Crippen LogP contribution < -0.4 is 0 Å². The number of hydrogen-bond acceptors (Lipinski definition) is 2. The highest BCUT2D eigenvalue weighted by molar-refractivity contribution is 6.47. The number of benzene rings is 2. The van der Waals surface area contributed by atoms with Gasteiger partial charge in [-0.1, -0.05) is 206 Å². The Balaban J connectivity index is 2.01. The van der Waals surface area contributed by atoms with Gasteiger partial charge < -0.3 is 0 Å². The highest BCUT2D eigenvalue weighted by atomic mass is 14.8. The third-order valence-corrected chi connectivity index (χ3v) is 10.8. The minimum atomic E-state index is 0.952. The first-order valence-electron chi connectivity index (χ1n) is 23.2. The zero-order chi connectivity index (χ0) is 37.9. The maximum absolute atomic E-state index is 5.27. The van der Waals surface area contributed by atoms with Crippen LogP contribution in [0.5, 0.6) is 0 Å². The van der Waals surface area contributed by atoms with E-state index in [1.54, 1.807) is 0 Å². The summed E-state index contributed by atoms with van der Waals surface area (Å²) in [5.41, 5.74) is 7.11. The largest absolute Gasteiger partial charge is 0.251 e. The molecule has 2 aromatic rings. The average molecular weight is 725 g/mol. The first kappa shape index (κ1) is 46.7. The molecule has 2 heteroatoms. The summed E-state index contributed by atoms with van der Waals surface area (Å²) in [6.45, 7) is 9.16. The summed E-state index contributed by atoms with van der Waals surface area (Å²) in [7, 11) is 0. The zero-order valence-corrected chi connectivity index (χ0v) is 35.6. The van der Waals surface area contributed by atoms with Gasteiger partial charge in [-0.3, -0.25) is 4.99 Å². The van der Waals surface area contributed by atoms with E-state index in [0.717, 1.165) is 48.5 Å². The van der Waals surface area contributed by atoms with Gasteiger partial charge in [0.05, 0.1) is 22.8 Å². The number of unbranched alkanes of at least 4 members (excludes halogenated alkanes) is 24. The molecule has 0 aliphatic carbocycles. The van der Waals surface area contributed by atoms with Gasteiger partial charge >= 0.3 is 0 Å². The molecule has 0 aliphatic heterocycles. The van der Waals surface area contributed by atoms with Crippen LogP contribution in [0, 0.1) is 0 Å². The molecule has 0 bridgehead atoms. The van der Waals surface area contributed by atoms with Crippen molar-refractivity contribution < 1.29 is 0 Å². The van der Waals surface area contributed by atoms with Gasteiger partial charge in [0.15, 0.2) is 0 Å². The summed E-state index contributed by atoms with van der Waals surface area (Å²) in [4.78, 5) is 10.5. The molecular formula is C51H84N2. The van der Waals surface area contributed by atoms with Crippen molar-refractivity contribution in [2.45, 2.75) is 227 Å². The molecule has 2 nitrogen and oxygen atoms in total. The van der Waals surface area contributed by atoms with Crippen molar-refractivity contribution in [3.63, 3.8) is 0 Å². The molecule has 0 aromatic heterocycles. The highest BCUT2D eigenvalue weighted by Crippen LogP contribution is 2.21. The van der Waals surface area contributed by atoms with Crippen LogP contribution in [0.4, 0.5) is 11.4 Å². The second-order valence-electron chi connectivity index (χ2n) is 16.0. The van der Waals surface area contributed by atoms with Gasteiger partial charge in [-0.05, 0) is 92.8 Å². The van der Waals surface area contributed by atoms with Crippen LogP contribution in [0.25, 0.3) is 0 Å². The third kappa shape index (κ3) is 25.3. The lowest BCUT2D eigenvalue weighted by atomic mass is 10.0. The lowest BCUT2D eigenvalue weighted by Crippen LogP contribution is -2.11. The molecule has 0 radical (unpaired) electrons. The molecule has 0 amide bonds. The summed E-state index contributed by atoms with van der Waals surface area (Å²) in [5.74, 6) is 0. The van der Waals surface area contributed by atoms with Gasteiger partial charge in [0, 0.05) is 0 Å². The van der Waals surface area contributed by atoms with E-state index >= 15 is 0 Å². The van der Waals surface area contributed by atoms with E-state index in [2.05, 4.69) is 88.4 Å². The van der Waals surface area contributed by atoms with Crippen molar-refractivity contribution >= 4 is 22.8 Å². The summed E-state index contributed by atoms with van der Waals surface area (Å²) < 4.78 is 0. The Morgan fingerprint density at radius 3 is 1.17 bits per heavy atom. The molecule has 0 spiro atoms. The van der Waals surface area contributed by atoms with Crippen molar-refractivity contribution in [3.8, 4) is 0 Å². The lowest BCUT2D eigenvalue weighted by molar-refractivity contribution is 0.556. The second-order valence-corrected chi connectivity index (χ2v) is 16.0. The van der Waals surface area contributed by atoms with Gasteiger partial charge in [-0.15, -0.1) is 0 Å². The maximum atomic E-state index is 5.27. The third-order valence-electron chi connectivity index (χ3n) is 10.8. The number of aryl methyl sites for hydroxylation is 2. The number of nitrogens with zero attached hydrogens (tertiary/aromatic N) is 2. The fourth-order valence-electron chi connectivity index (χ4n) is 7.25. The molecule has 53 heavy (non-hydrogen) atoms. The van der Waals surface area contributed by atoms with Crippen molar-refractivity contribution in [2.24, 2.45) is 9.98 Å². The second kappa shape index (κ2) is 34.0. The van der Waals surface area contributed by atoms with Crippen molar-refractivity contribution in [1.29, 1.82) is 0 Å². The van der Waals surface area contributed by atoms with E-state index in [4.69, 9.17) is 9.98 Å². The van der Waals surface area contributed by atoms with E-state index in [1.165, 1.54) is 184 Å². The van der Waals surface area contributed by atoms with E-state index in [1.807, 2.05) is 0 Å². The number of rotatable bonds is 35. The monoisotopic (exact) mass is 725 g/mol. The summed E-state index contributed by atoms with van der Waals surface area (Å²) >= 11 is 0. The minimum absolute atomic E-state index is 0.952. The Kier molecular flexibility index (Phi) is 30.0. The standard InChI is InChI=1S/C51H84N2/c1-5-9-13-16-19-21-23-26-28-31-34-46-38-42-48(43-39-46)52-50(36-12-8-4)51(37-33-30-25-18-15-11-7-3)53-49-44-40-47(41-45-49)35-32-29-27-24-22-20-17-14-10-6-2/h33,37-45H,5-32,34-36H2,1-4H3/b37-33+,52-50?,53-51?. The molecule has 0 N–H and O–H groups in total. The average Bonchev–Trinajstić information content (AvgIpc) is 3.18. The highest BCUT2D eigenvalue weighted by Gasteiger charge is 2.09. The van der Waals surface area contributed by atoms with Gasteiger partial charge in [0.1, 0.15) is 0 Å². The van der Waals surface area contributed by atoms with Gasteiger partial charge in [0.25, 0.3) is 0 Å². The maximum Gasteiger partial charge on any atom is 0.0848 e. The predicted octanol–water partition coefficient (Wildman–Crippen LogP) is 17.6. The molecule has 2 aromatic carbocycles. The van der Waals surface area contributed by atoms with Gasteiger partial charge in [0.2, 0.25) is 0 Å². The van der Waals surface area contributed by atoms with Crippen LogP contribution in [0.15, 0.2) is 70.7 Å². The molecule has 0 atom stereocenters. The fraction of sp³-hybridized carbons (Fsp3) is 0.686. The van der Waals surface area contributed by atoms with E-state index in [-0.39, 0.29) is 0 Å². The predicted molar refractivity (Wildman–Crippen MR) is 240 cm³/mol. The Morgan fingerprint density at radius 1 is 0.396 bits per heavy atom. The van der Waals surface area contributed by atoms with E-state index < -0.39 is 0 Å². The van der Waals surface area contributed by atoms with Crippen LogP contribution in [-0.2, 0) is 12.8 Å². The first-order valence-corrected chi connectivity index (χ1v) is 23.2. The van der Waals surface area contributed by atoms with E-state index in [9.17, 15) is 0 Å². The topological polar surface area (TPSA) is 24.7 Å². The van der Waals surface area contributed by atoms with Gasteiger partial charge in [-0.2, -0.15) is 0 Å². The van der Waals surface area contributed by atoms with Crippen molar-refractivity contribution in [1.82, 2.24) is 0 Å². The lowest BCUT2D eigenvalue weighted by Gasteiger charge is -2.09. The first-order chi connectivity index (χ1) is 26.2. The Morgan fingerprint density at radius 2 is 0.755 bits per heavy atom. The molecule has 2 rings (SSSR count). The Labute approximate surface area is 330 Å². The fourth-order valence-corrected chi connectivity index (χ4v) is 7.25. The number of aliphatic imine (C=N–C) groups is 2.